The predicted molar refractivity (Wildman–Crippen MR) is 78.0 cm³/mol. The zero-order valence-electron chi connectivity index (χ0n) is 12.0. The van der Waals surface area contributed by atoms with Gasteiger partial charge in [0.05, 0.1) is 17.1 Å². The Morgan fingerprint density at radius 3 is 2.85 bits per heavy atom. The van der Waals surface area contributed by atoms with Gasteiger partial charge in [-0.05, 0) is 31.5 Å². The van der Waals surface area contributed by atoms with Crippen LogP contribution >= 0.6 is 0 Å². The molecule has 0 bridgehead atoms. The Morgan fingerprint density at radius 2 is 2.15 bits per heavy atom. The van der Waals surface area contributed by atoms with Crippen molar-refractivity contribution in [3.8, 4) is 0 Å². The van der Waals surface area contributed by atoms with Crippen LogP contribution in [-0.2, 0) is 0 Å². The van der Waals surface area contributed by atoms with Crippen LogP contribution < -0.4 is 0 Å². The fraction of sp³-hybridized carbons (Fsp3) is 0.533. The minimum Gasteiger partial charge on any atom is -0.478 e. The van der Waals surface area contributed by atoms with E-state index in [0.29, 0.717) is 5.52 Å². The summed E-state index contributed by atoms with van der Waals surface area (Å²) in [4.78, 5) is 10.9. The number of carboxylic acids is 1. The van der Waals surface area contributed by atoms with Crippen molar-refractivity contribution in [2.45, 2.75) is 52.0 Å². The standard InChI is InChI=1S/C15H21N3O2/c1-3-4-5-6-7-11(2)18-14-9-8-12(15(19)20)10-13(14)16-17-18/h8-11H,3-7H2,1-2H3,(H,19,20). The van der Waals surface area contributed by atoms with Crippen LogP contribution in [0.1, 0.15) is 62.4 Å². The van der Waals surface area contributed by atoms with E-state index in [2.05, 4.69) is 24.2 Å². The number of unbranched alkanes of at least 4 members (excludes halogenated alkanes) is 3. The monoisotopic (exact) mass is 275 g/mol. The molecule has 0 radical (unpaired) electrons. The molecule has 108 valence electrons. The maximum absolute atomic E-state index is 10.9. The lowest BCUT2D eigenvalue weighted by Gasteiger charge is -2.12. The van der Waals surface area contributed by atoms with Crippen LogP contribution in [0, 0.1) is 0 Å². The molecule has 2 rings (SSSR count). The number of carbonyl (C=O) groups is 1. The summed E-state index contributed by atoms with van der Waals surface area (Å²) in [5, 5.41) is 17.2. The highest BCUT2D eigenvalue weighted by Crippen LogP contribution is 2.21. The first-order valence-corrected chi connectivity index (χ1v) is 7.21. The number of rotatable bonds is 7. The minimum atomic E-state index is -0.936. The van der Waals surface area contributed by atoms with Gasteiger partial charge in [-0.3, -0.25) is 0 Å². The van der Waals surface area contributed by atoms with E-state index >= 15 is 0 Å². The highest BCUT2D eigenvalue weighted by Gasteiger charge is 2.13. The van der Waals surface area contributed by atoms with Crippen molar-refractivity contribution < 1.29 is 9.90 Å². The van der Waals surface area contributed by atoms with Gasteiger partial charge in [0.15, 0.2) is 0 Å². The third kappa shape index (κ3) is 3.15. The molecule has 1 heterocycles. The van der Waals surface area contributed by atoms with Gasteiger partial charge < -0.3 is 5.11 Å². The summed E-state index contributed by atoms with van der Waals surface area (Å²) in [6, 6.07) is 5.26. The molecule has 5 heteroatoms. The number of carboxylic acid groups (broad SMARTS) is 1. The van der Waals surface area contributed by atoms with E-state index in [4.69, 9.17) is 5.11 Å². The normalized spacial score (nSPS) is 12.7. The van der Waals surface area contributed by atoms with Gasteiger partial charge in [0.2, 0.25) is 0 Å². The summed E-state index contributed by atoms with van der Waals surface area (Å²) in [6.45, 7) is 4.33. The number of nitrogens with zero attached hydrogens (tertiary/aromatic N) is 3. The highest BCUT2D eigenvalue weighted by molar-refractivity contribution is 5.92. The van der Waals surface area contributed by atoms with Crippen molar-refractivity contribution in [2.75, 3.05) is 0 Å². The lowest BCUT2D eigenvalue weighted by atomic mass is 10.1. The zero-order valence-corrected chi connectivity index (χ0v) is 12.0. The van der Waals surface area contributed by atoms with E-state index in [1.807, 2.05) is 4.68 Å². The second kappa shape index (κ2) is 6.50. The molecule has 5 nitrogen and oxygen atoms in total. The molecule has 0 amide bonds. The van der Waals surface area contributed by atoms with Crippen LogP contribution in [0.3, 0.4) is 0 Å². The molecule has 0 aliphatic carbocycles. The molecule has 1 unspecified atom stereocenters. The summed E-state index contributed by atoms with van der Waals surface area (Å²) < 4.78 is 1.90. The molecule has 1 aromatic heterocycles. The Hall–Kier alpha value is -1.91. The first kappa shape index (κ1) is 14.5. The molecule has 0 saturated carbocycles. The number of aromatic carboxylic acids is 1. The number of benzene rings is 1. The molecule has 2 aromatic rings. The van der Waals surface area contributed by atoms with Gasteiger partial charge in [-0.2, -0.15) is 0 Å². The van der Waals surface area contributed by atoms with Gasteiger partial charge in [0.1, 0.15) is 5.52 Å². The van der Waals surface area contributed by atoms with Crippen molar-refractivity contribution in [1.29, 1.82) is 0 Å². The van der Waals surface area contributed by atoms with E-state index in [0.717, 1.165) is 11.9 Å². The van der Waals surface area contributed by atoms with E-state index in [-0.39, 0.29) is 11.6 Å². The fourth-order valence-corrected chi connectivity index (χ4v) is 2.39. The molecule has 0 spiro atoms. The van der Waals surface area contributed by atoms with Gasteiger partial charge in [0, 0.05) is 0 Å². The molecule has 1 atom stereocenters. The second-order valence-corrected chi connectivity index (χ2v) is 5.24. The van der Waals surface area contributed by atoms with E-state index in [1.54, 1.807) is 18.2 Å². The summed E-state index contributed by atoms with van der Waals surface area (Å²) in [5.74, 6) is -0.936. The van der Waals surface area contributed by atoms with E-state index in [1.165, 1.54) is 25.7 Å². The number of fused-ring (bicyclic) bond motifs is 1. The average molecular weight is 275 g/mol. The van der Waals surface area contributed by atoms with Gasteiger partial charge in [-0.15, -0.1) is 5.10 Å². The maximum atomic E-state index is 10.9. The Bertz CT molecular complexity index is 592. The number of hydrogen-bond acceptors (Lipinski definition) is 3. The van der Waals surface area contributed by atoms with Crippen LogP contribution in [0.2, 0.25) is 0 Å². The van der Waals surface area contributed by atoms with Crippen LogP contribution in [0.15, 0.2) is 18.2 Å². The first-order valence-electron chi connectivity index (χ1n) is 7.21. The third-order valence-corrected chi connectivity index (χ3v) is 3.61. The van der Waals surface area contributed by atoms with Crippen molar-refractivity contribution in [3.63, 3.8) is 0 Å². The topological polar surface area (TPSA) is 68.0 Å². The van der Waals surface area contributed by atoms with Gasteiger partial charge in [-0.1, -0.05) is 37.8 Å². The van der Waals surface area contributed by atoms with Crippen LogP contribution in [0.5, 0.6) is 0 Å². The number of aromatic nitrogens is 3. The summed E-state index contributed by atoms with van der Waals surface area (Å²) >= 11 is 0. The van der Waals surface area contributed by atoms with Crippen LogP contribution in [0.25, 0.3) is 11.0 Å². The molecule has 0 fully saturated rings. The van der Waals surface area contributed by atoms with E-state index < -0.39 is 5.97 Å². The molecule has 1 aromatic carbocycles. The summed E-state index contributed by atoms with van der Waals surface area (Å²) in [7, 11) is 0. The molecular weight excluding hydrogens is 254 g/mol. The Balaban J connectivity index is 2.12. The fourth-order valence-electron chi connectivity index (χ4n) is 2.39. The lowest BCUT2D eigenvalue weighted by molar-refractivity contribution is 0.0697. The molecule has 1 N–H and O–H groups in total. The average Bonchev–Trinajstić information content (AvgIpc) is 2.86. The lowest BCUT2D eigenvalue weighted by Crippen LogP contribution is -2.07. The van der Waals surface area contributed by atoms with Crippen molar-refractivity contribution in [3.05, 3.63) is 23.8 Å². The van der Waals surface area contributed by atoms with Crippen molar-refractivity contribution in [1.82, 2.24) is 15.0 Å². The third-order valence-electron chi connectivity index (χ3n) is 3.61. The SMILES string of the molecule is CCCCCCC(C)n1nnc2cc(C(=O)O)ccc21. The minimum absolute atomic E-state index is 0.250. The van der Waals surface area contributed by atoms with Crippen molar-refractivity contribution in [2.24, 2.45) is 0 Å². The second-order valence-electron chi connectivity index (χ2n) is 5.24. The predicted octanol–water partition coefficient (Wildman–Crippen LogP) is 3.66. The smallest absolute Gasteiger partial charge is 0.335 e. The van der Waals surface area contributed by atoms with Gasteiger partial charge in [-0.25, -0.2) is 9.48 Å². The van der Waals surface area contributed by atoms with Crippen LogP contribution in [-0.4, -0.2) is 26.1 Å². The first-order chi connectivity index (χ1) is 9.63. The highest BCUT2D eigenvalue weighted by atomic mass is 16.4. The number of hydrogen-bond donors (Lipinski definition) is 1. The van der Waals surface area contributed by atoms with Crippen molar-refractivity contribution >= 4 is 17.0 Å². The maximum Gasteiger partial charge on any atom is 0.335 e. The Morgan fingerprint density at radius 1 is 1.35 bits per heavy atom. The van der Waals surface area contributed by atoms with Crippen LogP contribution in [0.4, 0.5) is 0 Å². The molecular formula is C15H21N3O2. The van der Waals surface area contributed by atoms with Gasteiger partial charge in [0.25, 0.3) is 0 Å². The largest absolute Gasteiger partial charge is 0.478 e. The molecule has 20 heavy (non-hydrogen) atoms. The van der Waals surface area contributed by atoms with Gasteiger partial charge >= 0.3 is 5.97 Å². The quantitative estimate of drug-likeness (QED) is 0.783. The summed E-state index contributed by atoms with van der Waals surface area (Å²) in [5.41, 5.74) is 1.79. The van der Waals surface area contributed by atoms with E-state index in [9.17, 15) is 4.79 Å². The Labute approximate surface area is 118 Å². The zero-order chi connectivity index (χ0) is 14.5. The summed E-state index contributed by atoms with van der Waals surface area (Å²) in [6.07, 6.45) is 6.00. The molecule has 0 aliphatic heterocycles. The molecule has 0 saturated heterocycles. The molecule has 0 aliphatic rings. The Kier molecular flexibility index (Phi) is 4.71.